The monoisotopic (exact) mass is 254 g/mol. The summed E-state index contributed by atoms with van der Waals surface area (Å²) in [5, 5.41) is 1.03. The molecule has 2 N–H and O–H groups in total. The van der Waals surface area contributed by atoms with Gasteiger partial charge in [0.2, 0.25) is 0 Å². The first-order valence-electron chi connectivity index (χ1n) is 6.14. The molecule has 19 heavy (non-hydrogen) atoms. The van der Waals surface area contributed by atoms with Crippen LogP contribution < -0.4 is 11.3 Å². The average molecular weight is 254 g/mol. The van der Waals surface area contributed by atoms with Crippen molar-refractivity contribution < 1.29 is 4.42 Å². The van der Waals surface area contributed by atoms with E-state index in [9.17, 15) is 4.79 Å². The van der Waals surface area contributed by atoms with Gasteiger partial charge in [-0.2, -0.15) is 0 Å². The molecule has 0 unspecified atom stereocenters. The van der Waals surface area contributed by atoms with Gasteiger partial charge in [0.05, 0.1) is 18.6 Å². The van der Waals surface area contributed by atoms with Crippen LogP contribution in [-0.2, 0) is 13.1 Å². The van der Waals surface area contributed by atoms with Crippen LogP contribution in [0.2, 0.25) is 0 Å². The molecular formula is C15H14N2O2. The summed E-state index contributed by atoms with van der Waals surface area (Å²) in [6.45, 7) is 0.782. The summed E-state index contributed by atoms with van der Waals surface area (Å²) in [4.78, 5) is 12.0. The van der Waals surface area contributed by atoms with Gasteiger partial charge in [-0.25, -0.2) is 0 Å². The number of benzene rings is 1. The number of hydrogen-bond acceptors (Lipinski definition) is 3. The lowest BCUT2D eigenvalue weighted by molar-refractivity contribution is 0.455. The number of aromatic nitrogens is 1. The summed E-state index contributed by atoms with van der Waals surface area (Å²) in [5.41, 5.74) is 6.38. The van der Waals surface area contributed by atoms with Crippen molar-refractivity contribution in [2.24, 2.45) is 5.73 Å². The largest absolute Gasteiger partial charge is 0.463 e. The van der Waals surface area contributed by atoms with Crippen LogP contribution in [0.15, 0.2) is 57.7 Å². The van der Waals surface area contributed by atoms with Crippen LogP contribution in [-0.4, -0.2) is 4.57 Å². The first-order valence-corrected chi connectivity index (χ1v) is 6.14. The highest BCUT2D eigenvalue weighted by atomic mass is 16.3. The van der Waals surface area contributed by atoms with Crippen LogP contribution in [0.5, 0.6) is 0 Å². The van der Waals surface area contributed by atoms with Crippen LogP contribution in [0.1, 0.15) is 11.5 Å². The van der Waals surface area contributed by atoms with Crippen molar-refractivity contribution in [2.45, 2.75) is 13.1 Å². The average Bonchev–Trinajstić information content (AvgIpc) is 2.90. The van der Waals surface area contributed by atoms with Crippen LogP contribution in [0.25, 0.3) is 10.9 Å². The summed E-state index contributed by atoms with van der Waals surface area (Å²) >= 11 is 0. The highest BCUT2D eigenvalue weighted by molar-refractivity contribution is 5.78. The second-order valence-electron chi connectivity index (χ2n) is 4.39. The third-order valence-electron chi connectivity index (χ3n) is 3.13. The quantitative estimate of drug-likeness (QED) is 0.778. The number of fused-ring (bicyclic) bond motifs is 1. The van der Waals surface area contributed by atoms with E-state index in [1.165, 1.54) is 0 Å². The lowest BCUT2D eigenvalue weighted by Crippen LogP contribution is -2.19. The van der Waals surface area contributed by atoms with E-state index in [0.29, 0.717) is 13.1 Å². The fraction of sp³-hybridized carbons (Fsp3) is 0.133. The van der Waals surface area contributed by atoms with Gasteiger partial charge in [-0.3, -0.25) is 4.79 Å². The number of nitrogens with two attached hydrogens (primary N) is 1. The van der Waals surface area contributed by atoms with Gasteiger partial charge in [-0.15, -0.1) is 0 Å². The molecule has 0 aliphatic rings. The van der Waals surface area contributed by atoms with E-state index in [4.69, 9.17) is 10.2 Å². The number of pyridine rings is 1. The lowest BCUT2D eigenvalue weighted by atomic mass is 10.2. The van der Waals surface area contributed by atoms with Gasteiger partial charge in [0, 0.05) is 6.07 Å². The second-order valence-corrected chi connectivity index (χ2v) is 4.39. The molecule has 2 aromatic heterocycles. The van der Waals surface area contributed by atoms with Gasteiger partial charge in [0.1, 0.15) is 11.5 Å². The summed E-state index contributed by atoms with van der Waals surface area (Å²) in [6, 6.07) is 14.9. The third kappa shape index (κ3) is 2.18. The smallest absolute Gasteiger partial charge is 0.251 e. The Hall–Kier alpha value is -2.33. The van der Waals surface area contributed by atoms with E-state index in [1.807, 2.05) is 42.5 Å². The normalized spacial score (nSPS) is 11.0. The summed E-state index contributed by atoms with van der Waals surface area (Å²) in [5.74, 6) is 1.46. The maximum absolute atomic E-state index is 12.0. The van der Waals surface area contributed by atoms with Gasteiger partial charge in [0.15, 0.2) is 0 Å². The Balaban J connectivity index is 2.09. The molecule has 4 heteroatoms. The van der Waals surface area contributed by atoms with Crippen molar-refractivity contribution in [2.75, 3.05) is 0 Å². The van der Waals surface area contributed by atoms with Crippen LogP contribution in [0, 0.1) is 0 Å². The van der Waals surface area contributed by atoms with E-state index in [0.717, 1.165) is 22.4 Å². The number of para-hydroxylation sites is 1. The SMILES string of the molecule is NCc1ccc(Cn2c(=O)ccc3ccccc32)o1. The first-order chi connectivity index (χ1) is 9.28. The van der Waals surface area contributed by atoms with Gasteiger partial charge < -0.3 is 14.7 Å². The molecule has 0 saturated heterocycles. The van der Waals surface area contributed by atoms with Gasteiger partial charge in [-0.05, 0) is 29.7 Å². The summed E-state index contributed by atoms with van der Waals surface area (Å²) in [7, 11) is 0. The van der Waals surface area contributed by atoms with Crippen LogP contribution in [0.4, 0.5) is 0 Å². The Labute approximate surface area is 110 Å². The molecule has 2 heterocycles. The Morgan fingerprint density at radius 1 is 1.00 bits per heavy atom. The fourth-order valence-electron chi connectivity index (χ4n) is 2.18. The molecule has 1 aromatic carbocycles. The lowest BCUT2D eigenvalue weighted by Gasteiger charge is -2.08. The van der Waals surface area contributed by atoms with Crippen molar-refractivity contribution in [1.82, 2.24) is 4.57 Å². The maximum atomic E-state index is 12.0. The van der Waals surface area contributed by atoms with Crippen molar-refractivity contribution in [3.8, 4) is 0 Å². The maximum Gasteiger partial charge on any atom is 0.251 e. The van der Waals surface area contributed by atoms with E-state index in [2.05, 4.69) is 0 Å². The summed E-state index contributed by atoms with van der Waals surface area (Å²) in [6.07, 6.45) is 0. The molecule has 96 valence electrons. The minimum absolute atomic E-state index is 0.0376. The Bertz CT molecular complexity index is 771. The standard InChI is InChI=1S/C15H14N2O2/c16-9-12-6-7-13(19-12)10-17-14-4-2-1-3-11(14)5-8-15(17)18/h1-8H,9-10,16H2. The molecule has 0 fully saturated rings. The molecule has 0 aliphatic carbocycles. The zero-order valence-electron chi connectivity index (χ0n) is 10.4. The molecule has 0 radical (unpaired) electrons. The first kappa shape index (κ1) is 11.7. The van der Waals surface area contributed by atoms with Crippen molar-refractivity contribution in [3.63, 3.8) is 0 Å². The van der Waals surface area contributed by atoms with E-state index >= 15 is 0 Å². The molecule has 0 bridgehead atoms. The molecule has 4 nitrogen and oxygen atoms in total. The summed E-state index contributed by atoms with van der Waals surface area (Å²) < 4.78 is 7.26. The second kappa shape index (κ2) is 4.74. The zero-order valence-corrected chi connectivity index (χ0v) is 10.4. The predicted molar refractivity (Wildman–Crippen MR) is 73.9 cm³/mol. The Morgan fingerprint density at radius 3 is 2.58 bits per heavy atom. The molecule has 0 aliphatic heterocycles. The molecule has 0 atom stereocenters. The van der Waals surface area contributed by atoms with Crippen LogP contribution >= 0.6 is 0 Å². The molecular weight excluding hydrogens is 240 g/mol. The molecule has 0 spiro atoms. The van der Waals surface area contributed by atoms with Crippen molar-refractivity contribution in [3.05, 3.63) is 70.4 Å². The molecule has 0 amide bonds. The van der Waals surface area contributed by atoms with Gasteiger partial charge in [0.25, 0.3) is 5.56 Å². The van der Waals surface area contributed by atoms with E-state index < -0.39 is 0 Å². The van der Waals surface area contributed by atoms with Gasteiger partial charge >= 0.3 is 0 Å². The Morgan fingerprint density at radius 2 is 1.79 bits per heavy atom. The minimum Gasteiger partial charge on any atom is -0.463 e. The highest BCUT2D eigenvalue weighted by Crippen LogP contribution is 2.14. The third-order valence-corrected chi connectivity index (χ3v) is 3.13. The molecule has 3 aromatic rings. The van der Waals surface area contributed by atoms with E-state index in [1.54, 1.807) is 10.6 Å². The van der Waals surface area contributed by atoms with Crippen LogP contribution in [0.3, 0.4) is 0 Å². The predicted octanol–water partition coefficient (Wildman–Crippen LogP) is 2.10. The van der Waals surface area contributed by atoms with Gasteiger partial charge in [-0.1, -0.05) is 18.2 Å². The number of rotatable bonds is 3. The minimum atomic E-state index is -0.0376. The Kier molecular flexibility index (Phi) is 2.93. The van der Waals surface area contributed by atoms with Crippen molar-refractivity contribution in [1.29, 1.82) is 0 Å². The van der Waals surface area contributed by atoms with E-state index in [-0.39, 0.29) is 5.56 Å². The number of nitrogens with zero attached hydrogens (tertiary/aromatic N) is 1. The fourth-order valence-corrected chi connectivity index (χ4v) is 2.18. The number of furan rings is 1. The zero-order chi connectivity index (χ0) is 13.2. The number of hydrogen-bond donors (Lipinski definition) is 1. The molecule has 0 saturated carbocycles. The topological polar surface area (TPSA) is 61.2 Å². The highest BCUT2D eigenvalue weighted by Gasteiger charge is 2.06. The molecule has 3 rings (SSSR count). The van der Waals surface area contributed by atoms with Crippen molar-refractivity contribution >= 4 is 10.9 Å².